The number of amides is 1. The molecule has 0 aliphatic carbocycles. The number of likely N-dealkylation sites (tertiary alicyclic amines) is 1. The fraction of sp³-hybridized carbons (Fsp3) is 0.368. The van der Waals surface area contributed by atoms with Crippen molar-refractivity contribution < 1.29 is 4.79 Å². The highest BCUT2D eigenvalue weighted by molar-refractivity contribution is 5.82. The Bertz CT molecular complexity index is 1120. The van der Waals surface area contributed by atoms with E-state index >= 15 is 0 Å². The monoisotopic (exact) mass is 367 g/mol. The molecule has 27 heavy (non-hydrogen) atoms. The highest BCUT2D eigenvalue weighted by atomic mass is 16.2. The Morgan fingerprint density at radius 2 is 2.04 bits per heavy atom. The Morgan fingerprint density at radius 3 is 2.78 bits per heavy atom. The fourth-order valence-electron chi connectivity index (χ4n) is 4.04. The number of nitrogens with zero attached hydrogens (tertiary/aromatic N) is 3. The van der Waals surface area contributed by atoms with Gasteiger partial charge in [0.15, 0.2) is 0 Å². The van der Waals surface area contributed by atoms with Crippen LogP contribution in [0.3, 0.4) is 0 Å². The number of carbonyl (C=O) groups is 1. The van der Waals surface area contributed by atoms with Gasteiger partial charge in [0.1, 0.15) is 6.54 Å². The second-order valence-corrected chi connectivity index (χ2v) is 6.96. The van der Waals surface area contributed by atoms with Gasteiger partial charge in [0.2, 0.25) is 5.91 Å². The van der Waals surface area contributed by atoms with Crippen molar-refractivity contribution in [3.05, 3.63) is 62.1 Å². The average molecular weight is 367 g/mol. The smallest absolute Gasteiger partial charge is 0.329 e. The number of aromatic nitrogens is 4. The van der Waals surface area contributed by atoms with Gasteiger partial charge in [-0.2, -0.15) is 5.10 Å². The van der Waals surface area contributed by atoms with E-state index in [1.54, 1.807) is 24.3 Å². The highest BCUT2D eigenvalue weighted by Gasteiger charge is 2.33. The molecule has 1 amide bonds. The van der Waals surface area contributed by atoms with E-state index < -0.39 is 11.2 Å². The maximum atomic E-state index is 13.1. The molecule has 8 nitrogen and oxygen atoms in total. The number of H-pyrrole nitrogens is 2. The molecule has 140 valence electrons. The van der Waals surface area contributed by atoms with Gasteiger partial charge in [-0.05, 0) is 38.8 Å². The second-order valence-electron chi connectivity index (χ2n) is 6.96. The van der Waals surface area contributed by atoms with Gasteiger partial charge in [0, 0.05) is 17.8 Å². The van der Waals surface area contributed by atoms with Gasteiger partial charge >= 0.3 is 5.69 Å². The van der Waals surface area contributed by atoms with Crippen molar-refractivity contribution in [2.45, 2.75) is 39.3 Å². The summed E-state index contributed by atoms with van der Waals surface area (Å²) in [6.07, 6.45) is 1.77. The van der Waals surface area contributed by atoms with Crippen LogP contribution in [0.2, 0.25) is 0 Å². The third-order valence-corrected chi connectivity index (χ3v) is 5.29. The van der Waals surface area contributed by atoms with E-state index in [-0.39, 0.29) is 18.5 Å². The number of aryl methyl sites for hydroxylation is 2. The Balaban J connectivity index is 1.70. The lowest BCUT2D eigenvalue weighted by Gasteiger charge is -2.26. The van der Waals surface area contributed by atoms with Gasteiger partial charge in [-0.25, -0.2) is 4.79 Å². The summed E-state index contributed by atoms with van der Waals surface area (Å²) in [5, 5.41) is 7.62. The van der Waals surface area contributed by atoms with Crippen LogP contribution in [0.4, 0.5) is 0 Å². The molecule has 8 heteroatoms. The lowest BCUT2D eigenvalue weighted by atomic mass is 10.0. The molecule has 4 rings (SSSR count). The summed E-state index contributed by atoms with van der Waals surface area (Å²) in [7, 11) is 0. The summed E-state index contributed by atoms with van der Waals surface area (Å²) >= 11 is 0. The molecule has 3 aromatic rings. The molecule has 3 heterocycles. The van der Waals surface area contributed by atoms with Crippen LogP contribution in [0, 0.1) is 13.8 Å². The molecule has 1 saturated heterocycles. The highest BCUT2D eigenvalue weighted by Crippen LogP contribution is 2.34. The molecular weight excluding hydrogens is 346 g/mol. The lowest BCUT2D eigenvalue weighted by Crippen LogP contribution is -2.38. The molecule has 2 aromatic heterocycles. The maximum absolute atomic E-state index is 13.1. The standard InChI is InChI=1S/C19H21N5O3/c1-11-17(12(2)22-21-11)15-8-5-9-23(15)16(25)10-24-14-7-4-3-6-13(14)18(26)20-19(24)27/h3-4,6-7,15H,5,8-10H2,1-2H3,(H,21,22)(H,20,26,27). The molecule has 1 atom stereocenters. The molecule has 1 fully saturated rings. The SMILES string of the molecule is Cc1n[nH]c(C)c1C1CCCN1C(=O)Cn1c(=O)[nH]c(=O)c2ccccc21. The van der Waals surface area contributed by atoms with Gasteiger partial charge in [-0.3, -0.25) is 24.2 Å². The molecule has 0 radical (unpaired) electrons. The summed E-state index contributed by atoms with van der Waals surface area (Å²) in [4.78, 5) is 41.5. The van der Waals surface area contributed by atoms with Crippen LogP contribution >= 0.6 is 0 Å². The fourth-order valence-corrected chi connectivity index (χ4v) is 4.04. The molecule has 1 aliphatic heterocycles. The number of hydrogen-bond donors (Lipinski definition) is 2. The van der Waals surface area contributed by atoms with E-state index in [1.807, 2.05) is 18.7 Å². The van der Waals surface area contributed by atoms with E-state index in [4.69, 9.17) is 0 Å². The van der Waals surface area contributed by atoms with Crippen LogP contribution < -0.4 is 11.2 Å². The zero-order chi connectivity index (χ0) is 19.1. The van der Waals surface area contributed by atoms with Crippen LogP contribution in [0.25, 0.3) is 10.9 Å². The molecule has 0 bridgehead atoms. The molecule has 2 N–H and O–H groups in total. The number of fused-ring (bicyclic) bond motifs is 1. The van der Waals surface area contributed by atoms with Gasteiger partial charge in [-0.15, -0.1) is 0 Å². The minimum Gasteiger partial charge on any atom is -0.334 e. The molecule has 0 spiro atoms. The topological polar surface area (TPSA) is 104 Å². The van der Waals surface area contributed by atoms with Crippen molar-refractivity contribution in [3.63, 3.8) is 0 Å². The third-order valence-electron chi connectivity index (χ3n) is 5.29. The number of benzene rings is 1. The number of rotatable bonds is 3. The summed E-state index contributed by atoms with van der Waals surface area (Å²) in [5.41, 5.74) is 2.36. The zero-order valence-electron chi connectivity index (χ0n) is 15.3. The first-order chi connectivity index (χ1) is 13.0. The van der Waals surface area contributed by atoms with Crippen molar-refractivity contribution in [3.8, 4) is 0 Å². The molecular formula is C19H21N5O3. The molecule has 0 saturated carbocycles. The lowest BCUT2D eigenvalue weighted by molar-refractivity contribution is -0.132. The molecule has 1 unspecified atom stereocenters. The average Bonchev–Trinajstić information content (AvgIpc) is 3.24. The van der Waals surface area contributed by atoms with Crippen LogP contribution in [-0.4, -0.2) is 37.1 Å². The van der Waals surface area contributed by atoms with Crippen molar-refractivity contribution >= 4 is 16.8 Å². The first-order valence-electron chi connectivity index (χ1n) is 9.00. The van der Waals surface area contributed by atoms with Crippen molar-refractivity contribution in [2.75, 3.05) is 6.54 Å². The van der Waals surface area contributed by atoms with Gasteiger partial charge in [-0.1, -0.05) is 12.1 Å². The van der Waals surface area contributed by atoms with E-state index in [2.05, 4.69) is 15.2 Å². The largest absolute Gasteiger partial charge is 0.334 e. The summed E-state index contributed by atoms with van der Waals surface area (Å²) in [5.74, 6) is -0.142. The third kappa shape index (κ3) is 2.87. The number of carbonyl (C=O) groups excluding carboxylic acids is 1. The number of aromatic amines is 2. The van der Waals surface area contributed by atoms with E-state index in [9.17, 15) is 14.4 Å². The Morgan fingerprint density at radius 1 is 1.26 bits per heavy atom. The van der Waals surface area contributed by atoms with Crippen molar-refractivity contribution in [2.24, 2.45) is 0 Å². The number of nitrogens with one attached hydrogen (secondary N) is 2. The minimum atomic E-state index is -0.571. The second kappa shape index (κ2) is 6.53. The van der Waals surface area contributed by atoms with E-state index in [0.717, 1.165) is 29.8 Å². The van der Waals surface area contributed by atoms with Crippen LogP contribution in [0.1, 0.15) is 35.8 Å². The van der Waals surface area contributed by atoms with E-state index in [1.165, 1.54) is 4.57 Å². The van der Waals surface area contributed by atoms with Gasteiger partial charge in [0.25, 0.3) is 5.56 Å². The van der Waals surface area contributed by atoms with Crippen LogP contribution in [0.15, 0.2) is 33.9 Å². The molecule has 1 aromatic carbocycles. The first kappa shape index (κ1) is 17.3. The summed E-state index contributed by atoms with van der Waals surface area (Å²) in [6, 6.07) is 6.77. The van der Waals surface area contributed by atoms with Crippen LogP contribution in [-0.2, 0) is 11.3 Å². The number of hydrogen-bond acceptors (Lipinski definition) is 4. The normalized spacial score (nSPS) is 17.0. The van der Waals surface area contributed by atoms with Crippen LogP contribution in [0.5, 0.6) is 0 Å². The summed E-state index contributed by atoms with van der Waals surface area (Å²) < 4.78 is 1.34. The molecule has 1 aliphatic rings. The Hall–Kier alpha value is -3.16. The van der Waals surface area contributed by atoms with Crippen molar-refractivity contribution in [1.82, 2.24) is 24.6 Å². The van der Waals surface area contributed by atoms with Gasteiger partial charge in [0.05, 0.1) is 22.6 Å². The maximum Gasteiger partial charge on any atom is 0.329 e. The quantitative estimate of drug-likeness (QED) is 0.730. The first-order valence-corrected chi connectivity index (χ1v) is 9.00. The predicted molar refractivity (Wildman–Crippen MR) is 101 cm³/mol. The van der Waals surface area contributed by atoms with Crippen molar-refractivity contribution in [1.29, 1.82) is 0 Å². The Kier molecular flexibility index (Phi) is 4.18. The van der Waals surface area contributed by atoms with Gasteiger partial charge < -0.3 is 4.90 Å². The minimum absolute atomic E-state index is 0.0408. The number of para-hydroxylation sites is 1. The zero-order valence-corrected chi connectivity index (χ0v) is 15.3. The Labute approximate surface area is 154 Å². The van der Waals surface area contributed by atoms with E-state index in [0.29, 0.717) is 17.4 Å². The summed E-state index contributed by atoms with van der Waals surface area (Å²) in [6.45, 7) is 4.42. The predicted octanol–water partition coefficient (Wildman–Crippen LogP) is 1.39.